The van der Waals surface area contributed by atoms with Crippen LogP contribution in [0, 0.1) is 0 Å². The fraction of sp³-hybridized carbons (Fsp3) is 0.222. The second-order valence-electron chi connectivity index (χ2n) is 5.72. The summed E-state index contributed by atoms with van der Waals surface area (Å²) in [7, 11) is 0. The molecule has 0 bridgehead atoms. The van der Waals surface area contributed by atoms with Gasteiger partial charge in [-0.1, -0.05) is 0 Å². The van der Waals surface area contributed by atoms with Crippen LogP contribution in [0.4, 0.5) is 11.5 Å². The molecule has 5 nitrogen and oxygen atoms in total. The van der Waals surface area contributed by atoms with Crippen LogP contribution in [0.5, 0.6) is 5.75 Å². The van der Waals surface area contributed by atoms with Crippen LogP contribution in [0.3, 0.4) is 0 Å². The minimum atomic E-state index is 0.616. The van der Waals surface area contributed by atoms with Gasteiger partial charge in [-0.15, -0.1) is 11.8 Å². The molecule has 0 saturated carbocycles. The highest BCUT2D eigenvalue weighted by molar-refractivity contribution is 7.98. The standard InChI is InChI=1S/C18H18N4OS/c1-24-14-3-4-16-15(9-14)18(21-11-20-16)22-6-7-23-17-5-2-13(19)8-12(17)10-22/h2-5,8-9,11H,6-7,10,19H2,1H3. The molecule has 4 rings (SSSR count). The van der Waals surface area contributed by atoms with Crippen LogP contribution in [0.2, 0.25) is 0 Å². The molecular formula is C18H18N4OS. The Morgan fingerprint density at radius 3 is 2.96 bits per heavy atom. The third kappa shape index (κ3) is 2.73. The minimum Gasteiger partial charge on any atom is -0.491 e. The van der Waals surface area contributed by atoms with Crippen LogP contribution in [0.25, 0.3) is 10.9 Å². The maximum Gasteiger partial charge on any atom is 0.140 e. The normalized spacial score (nSPS) is 14.1. The summed E-state index contributed by atoms with van der Waals surface area (Å²) >= 11 is 1.72. The smallest absolute Gasteiger partial charge is 0.140 e. The van der Waals surface area contributed by atoms with E-state index in [1.165, 1.54) is 4.90 Å². The number of fused-ring (bicyclic) bond motifs is 2. The molecule has 24 heavy (non-hydrogen) atoms. The van der Waals surface area contributed by atoms with Crippen molar-refractivity contribution in [1.82, 2.24) is 9.97 Å². The fourth-order valence-corrected chi connectivity index (χ4v) is 3.44. The summed E-state index contributed by atoms with van der Waals surface area (Å²) < 4.78 is 5.87. The number of hydrogen-bond acceptors (Lipinski definition) is 6. The van der Waals surface area contributed by atoms with Crippen LogP contribution in [0.1, 0.15) is 5.56 Å². The van der Waals surface area contributed by atoms with Gasteiger partial charge in [-0.2, -0.15) is 0 Å². The van der Waals surface area contributed by atoms with Gasteiger partial charge in [-0.25, -0.2) is 9.97 Å². The van der Waals surface area contributed by atoms with Crippen molar-refractivity contribution in [1.29, 1.82) is 0 Å². The maximum absolute atomic E-state index is 5.94. The van der Waals surface area contributed by atoms with Gasteiger partial charge < -0.3 is 15.4 Å². The van der Waals surface area contributed by atoms with Crippen LogP contribution in [-0.4, -0.2) is 29.4 Å². The van der Waals surface area contributed by atoms with Crippen molar-refractivity contribution in [2.45, 2.75) is 11.4 Å². The number of nitrogens with zero attached hydrogens (tertiary/aromatic N) is 3. The molecule has 0 amide bonds. The molecule has 6 heteroatoms. The summed E-state index contributed by atoms with van der Waals surface area (Å²) in [4.78, 5) is 12.4. The largest absolute Gasteiger partial charge is 0.491 e. The van der Waals surface area contributed by atoms with E-state index in [1.54, 1.807) is 18.1 Å². The molecule has 0 fully saturated rings. The monoisotopic (exact) mass is 338 g/mol. The van der Waals surface area contributed by atoms with Crippen molar-refractivity contribution in [2.24, 2.45) is 0 Å². The highest BCUT2D eigenvalue weighted by Gasteiger charge is 2.19. The van der Waals surface area contributed by atoms with E-state index in [-0.39, 0.29) is 0 Å². The lowest BCUT2D eigenvalue weighted by Crippen LogP contribution is -2.26. The van der Waals surface area contributed by atoms with Crippen molar-refractivity contribution in [3.63, 3.8) is 0 Å². The van der Waals surface area contributed by atoms with Gasteiger partial charge in [0.1, 0.15) is 24.5 Å². The van der Waals surface area contributed by atoms with Crippen LogP contribution < -0.4 is 15.4 Å². The van der Waals surface area contributed by atoms with E-state index >= 15 is 0 Å². The van der Waals surface area contributed by atoms with E-state index in [0.717, 1.165) is 46.8 Å². The first-order valence-corrected chi connectivity index (χ1v) is 9.02. The topological polar surface area (TPSA) is 64.3 Å². The molecule has 1 aliphatic heterocycles. The number of aromatic nitrogens is 2. The molecule has 3 aromatic rings. The van der Waals surface area contributed by atoms with Gasteiger partial charge in [0.15, 0.2) is 0 Å². The van der Waals surface area contributed by atoms with Gasteiger partial charge in [-0.05, 0) is 42.7 Å². The first-order valence-electron chi connectivity index (χ1n) is 7.79. The second-order valence-corrected chi connectivity index (χ2v) is 6.60. The molecule has 0 radical (unpaired) electrons. The number of hydrogen-bond donors (Lipinski definition) is 1. The van der Waals surface area contributed by atoms with Gasteiger partial charge in [-0.3, -0.25) is 0 Å². The molecule has 0 aliphatic carbocycles. The molecule has 2 N–H and O–H groups in total. The van der Waals surface area contributed by atoms with Gasteiger partial charge in [0.25, 0.3) is 0 Å². The zero-order valence-electron chi connectivity index (χ0n) is 13.4. The number of thioether (sulfide) groups is 1. The highest BCUT2D eigenvalue weighted by atomic mass is 32.2. The summed E-state index contributed by atoms with van der Waals surface area (Å²) in [6.07, 6.45) is 3.70. The zero-order chi connectivity index (χ0) is 16.5. The van der Waals surface area contributed by atoms with E-state index in [2.05, 4.69) is 33.3 Å². The molecular weight excluding hydrogens is 320 g/mol. The van der Waals surface area contributed by atoms with E-state index in [9.17, 15) is 0 Å². The van der Waals surface area contributed by atoms with Crippen molar-refractivity contribution in [2.75, 3.05) is 30.0 Å². The predicted molar refractivity (Wildman–Crippen MR) is 98.7 cm³/mol. The van der Waals surface area contributed by atoms with Crippen LogP contribution in [0.15, 0.2) is 47.6 Å². The maximum atomic E-state index is 5.94. The quantitative estimate of drug-likeness (QED) is 0.571. The summed E-state index contributed by atoms with van der Waals surface area (Å²) in [5, 5.41) is 1.07. The van der Waals surface area contributed by atoms with Crippen LogP contribution >= 0.6 is 11.8 Å². The fourth-order valence-electron chi connectivity index (χ4n) is 3.00. The first kappa shape index (κ1) is 15.1. The Bertz CT molecular complexity index is 899. The summed E-state index contributed by atoms with van der Waals surface area (Å²) in [6.45, 7) is 2.10. The Hall–Kier alpha value is -2.47. The van der Waals surface area contributed by atoms with E-state index in [0.29, 0.717) is 6.61 Å². The number of benzene rings is 2. The lowest BCUT2D eigenvalue weighted by atomic mass is 10.1. The Labute approximate surface area is 144 Å². The van der Waals surface area contributed by atoms with Crippen molar-refractivity contribution >= 4 is 34.2 Å². The van der Waals surface area contributed by atoms with E-state index in [4.69, 9.17) is 10.5 Å². The third-order valence-electron chi connectivity index (χ3n) is 4.19. The second kappa shape index (κ2) is 6.20. The van der Waals surface area contributed by atoms with E-state index < -0.39 is 0 Å². The molecule has 2 aromatic carbocycles. The molecule has 0 unspecified atom stereocenters. The van der Waals surface area contributed by atoms with Gasteiger partial charge in [0, 0.05) is 28.1 Å². The van der Waals surface area contributed by atoms with Crippen LogP contribution in [-0.2, 0) is 6.54 Å². The molecule has 0 saturated heterocycles. The van der Waals surface area contributed by atoms with Crippen molar-refractivity contribution in [3.05, 3.63) is 48.3 Å². The first-order chi connectivity index (χ1) is 11.7. The average molecular weight is 338 g/mol. The predicted octanol–water partition coefficient (Wildman–Crippen LogP) is 3.33. The Morgan fingerprint density at radius 1 is 1.17 bits per heavy atom. The lowest BCUT2D eigenvalue weighted by Gasteiger charge is -2.22. The molecule has 1 aliphatic rings. The molecule has 0 atom stereocenters. The molecule has 122 valence electrons. The van der Waals surface area contributed by atoms with Gasteiger partial charge in [0.05, 0.1) is 12.1 Å². The average Bonchev–Trinajstić information content (AvgIpc) is 2.82. The lowest BCUT2D eigenvalue weighted by molar-refractivity contribution is 0.331. The Balaban J connectivity index is 1.79. The molecule has 2 heterocycles. The van der Waals surface area contributed by atoms with Crippen molar-refractivity contribution < 1.29 is 4.74 Å². The highest BCUT2D eigenvalue weighted by Crippen LogP contribution is 2.31. The van der Waals surface area contributed by atoms with Crippen molar-refractivity contribution in [3.8, 4) is 5.75 Å². The summed E-state index contributed by atoms with van der Waals surface area (Å²) in [5.74, 6) is 1.84. The molecule has 0 spiro atoms. The van der Waals surface area contributed by atoms with E-state index in [1.807, 2.05) is 24.3 Å². The Morgan fingerprint density at radius 2 is 2.08 bits per heavy atom. The van der Waals surface area contributed by atoms with Gasteiger partial charge >= 0.3 is 0 Å². The van der Waals surface area contributed by atoms with Gasteiger partial charge in [0.2, 0.25) is 0 Å². The Kier molecular flexibility index (Phi) is 3.90. The summed E-state index contributed by atoms with van der Waals surface area (Å²) in [5.41, 5.74) is 8.73. The number of nitrogen functional groups attached to an aromatic ring is 1. The number of rotatable bonds is 2. The number of nitrogens with two attached hydrogens (primary N) is 1. The zero-order valence-corrected chi connectivity index (χ0v) is 14.2. The number of ether oxygens (including phenoxy) is 1. The summed E-state index contributed by atoms with van der Waals surface area (Å²) in [6, 6.07) is 12.1. The number of anilines is 2. The SMILES string of the molecule is CSc1ccc2ncnc(N3CCOc4ccc(N)cc4C3)c2c1. The molecule has 1 aromatic heterocycles. The third-order valence-corrected chi connectivity index (χ3v) is 4.91. The minimum absolute atomic E-state index is 0.616.